The van der Waals surface area contributed by atoms with Crippen molar-refractivity contribution in [3.8, 4) is 0 Å². The van der Waals surface area contributed by atoms with Crippen LogP contribution >= 0.6 is 0 Å². The maximum Gasteiger partial charge on any atom is 0.0635 e. The van der Waals surface area contributed by atoms with E-state index in [-0.39, 0.29) is 0 Å². The van der Waals surface area contributed by atoms with E-state index in [2.05, 4.69) is 10.6 Å². The molecule has 3 atom stereocenters. The van der Waals surface area contributed by atoms with E-state index in [1.807, 2.05) is 0 Å². The minimum absolute atomic E-state index is 0.568. The lowest BCUT2D eigenvalue weighted by Gasteiger charge is -2.44. The summed E-state index contributed by atoms with van der Waals surface area (Å²) in [5.74, 6) is 1.68. The van der Waals surface area contributed by atoms with Gasteiger partial charge < -0.3 is 15.4 Å². The maximum absolute atomic E-state index is 5.76. The average molecular weight is 210 g/mol. The van der Waals surface area contributed by atoms with Crippen molar-refractivity contribution in [1.29, 1.82) is 0 Å². The number of hydrogen-bond donors (Lipinski definition) is 2. The topological polar surface area (TPSA) is 33.3 Å². The van der Waals surface area contributed by atoms with E-state index in [4.69, 9.17) is 4.74 Å². The first kappa shape index (κ1) is 10.1. The second kappa shape index (κ2) is 4.40. The number of rotatable bonds is 1. The van der Waals surface area contributed by atoms with Gasteiger partial charge in [0.05, 0.1) is 13.2 Å². The Morgan fingerprint density at radius 3 is 2.60 bits per heavy atom. The lowest BCUT2D eigenvalue weighted by molar-refractivity contribution is -0.0221. The van der Waals surface area contributed by atoms with Gasteiger partial charge in [-0.1, -0.05) is 25.7 Å². The number of ether oxygens (including phenoxy) is 1. The molecule has 0 aromatic carbocycles. The van der Waals surface area contributed by atoms with Crippen LogP contribution in [0.3, 0.4) is 0 Å². The van der Waals surface area contributed by atoms with Gasteiger partial charge in [0, 0.05) is 31.1 Å². The van der Waals surface area contributed by atoms with Gasteiger partial charge in [0.1, 0.15) is 0 Å². The van der Waals surface area contributed by atoms with Crippen LogP contribution in [0.4, 0.5) is 0 Å². The molecular formula is C12H22N2O. The standard InChI is InChI=1S/C12H22N2O/c1-2-4-9(3-1)10-7-15-8-11-12(10)14-6-5-13-11/h9-14H,1-8H2/t10-,11-,12-/m1/s1. The predicted molar refractivity (Wildman–Crippen MR) is 59.8 cm³/mol. The van der Waals surface area contributed by atoms with E-state index in [9.17, 15) is 0 Å². The summed E-state index contributed by atoms with van der Waals surface area (Å²) in [6.07, 6.45) is 5.73. The van der Waals surface area contributed by atoms with Crippen molar-refractivity contribution in [3.63, 3.8) is 0 Å². The van der Waals surface area contributed by atoms with Crippen LogP contribution in [-0.4, -0.2) is 38.4 Å². The molecule has 2 saturated heterocycles. The first-order valence-corrected chi connectivity index (χ1v) is 6.49. The van der Waals surface area contributed by atoms with Crippen LogP contribution in [0.25, 0.3) is 0 Å². The molecule has 2 heterocycles. The van der Waals surface area contributed by atoms with Gasteiger partial charge >= 0.3 is 0 Å². The van der Waals surface area contributed by atoms with Crippen LogP contribution in [0.1, 0.15) is 25.7 Å². The Morgan fingerprint density at radius 1 is 0.933 bits per heavy atom. The lowest BCUT2D eigenvalue weighted by Crippen LogP contribution is -2.64. The molecule has 2 aliphatic heterocycles. The highest BCUT2D eigenvalue weighted by Crippen LogP contribution is 2.36. The number of hydrogen-bond acceptors (Lipinski definition) is 3. The molecule has 0 aromatic heterocycles. The van der Waals surface area contributed by atoms with E-state index < -0.39 is 0 Å². The average Bonchev–Trinajstić information content (AvgIpc) is 2.82. The summed E-state index contributed by atoms with van der Waals surface area (Å²) in [5.41, 5.74) is 0. The Balaban J connectivity index is 1.69. The molecule has 3 aliphatic rings. The SMILES string of the molecule is C1CCC([C@H]2COC[C@H]3NCCN[C@H]23)C1. The van der Waals surface area contributed by atoms with E-state index in [1.165, 1.54) is 25.7 Å². The Kier molecular flexibility index (Phi) is 2.95. The first-order chi connectivity index (χ1) is 7.45. The predicted octanol–water partition coefficient (Wildman–Crippen LogP) is 0.753. The molecule has 2 N–H and O–H groups in total. The van der Waals surface area contributed by atoms with Crippen molar-refractivity contribution in [2.75, 3.05) is 26.3 Å². The summed E-state index contributed by atoms with van der Waals surface area (Å²) >= 11 is 0. The number of fused-ring (bicyclic) bond motifs is 1. The van der Waals surface area contributed by atoms with Gasteiger partial charge in [-0.2, -0.15) is 0 Å². The quantitative estimate of drug-likeness (QED) is 0.670. The molecule has 0 unspecified atom stereocenters. The minimum Gasteiger partial charge on any atom is -0.379 e. The smallest absolute Gasteiger partial charge is 0.0635 e. The summed E-state index contributed by atoms with van der Waals surface area (Å²) in [4.78, 5) is 0. The molecule has 3 nitrogen and oxygen atoms in total. The first-order valence-electron chi connectivity index (χ1n) is 6.49. The van der Waals surface area contributed by atoms with Gasteiger partial charge in [0.15, 0.2) is 0 Å². The molecule has 1 saturated carbocycles. The maximum atomic E-state index is 5.76. The molecule has 3 fully saturated rings. The highest BCUT2D eigenvalue weighted by molar-refractivity contribution is 4.97. The van der Waals surface area contributed by atoms with Gasteiger partial charge in [0.2, 0.25) is 0 Å². The van der Waals surface area contributed by atoms with Crippen molar-refractivity contribution < 1.29 is 4.74 Å². The molecule has 0 spiro atoms. The summed E-state index contributed by atoms with van der Waals surface area (Å²) in [6.45, 7) is 4.12. The number of nitrogens with one attached hydrogen (secondary N) is 2. The van der Waals surface area contributed by atoms with Crippen LogP contribution < -0.4 is 10.6 Å². The van der Waals surface area contributed by atoms with Gasteiger partial charge in [-0.05, 0) is 5.92 Å². The Labute approximate surface area is 91.9 Å². The minimum atomic E-state index is 0.568. The zero-order valence-electron chi connectivity index (χ0n) is 9.37. The van der Waals surface area contributed by atoms with Gasteiger partial charge in [-0.3, -0.25) is 0 Å². The Morgan fingerprint density at radius 2 is 1.73 bits per heavy atom. The van der Waals surface area contributed by atoms with Gasteiger partial charge in [-0.25, -0.2) is 0 Å². The summed E-state index contributed by atoms with van der Waals surface area (Å²) < 4.78 is 5.76. The van der Waals surface area contributed by atoms with Crippen molar-refractivity contribution in [3.05, 3.63) is 0 Å². The van der Waals surface area contributed by atoms with E-state index in [0.29, 0.717) is 12.1 Å². The Bertz CT molecular complexity index is 214. The number of piperazine rings is 1. The molecule has 3 heteroatoms. The second-order valence-electron chi connectivity index (χ2n) is 5.29. The van der Waals surface area contributed by atoms with Crippen molar-refractivity contribution in [2.24, 2.45) is 11.8 Å². The molecule has 0 aromatic rings. The van der Waals surface area contributed by atoms with Crippen molar-refractivity contribution in [1.82, 2.24) is 10.6 Å². The largest absolute Gasteiger partial charge is 0.379 e. The highest BCUT2D eigenvalue weighted by atomic mass is 16.5. The fraction of sp³-hybridized carbons (Fsp3) is 1.00. The van der Waals surface area contributed by atoms with Crippen LogP contribution in [-0.2, 0) is 4.74 Å². The van der Waals surface area contributed by atoms with E-state index in [0.717, 1.165) is 38.1 Å². The van der Waals surface area contributed by atoms with Gasteiger partial charge in [-0.15, -0.1) is 0 Å². The molecule has 0 bridgehead atoms. The van der Waals surface area contributed by atoms with Crippen LogP contribution in [0.2, 0.25) is 0 Å². The third-order valence-corrected chi connectivity index (χ3v) is 4.42. The fourth-order valence-electron chi connectivity index (χ4n) is 3.63. The second-order valence-corrected chi connectivity index (χ2v) is 5.29. The van der Waals surface area contributed by atoms with Crippen LogP contribution in [0.15, 0.2) is 0 Å². The third kappa shape index (κ3) is 1.93. The van der Waals surface area contributed by atoms with Crippen molar-refractivity contribution in [2.45, 2.75) is 37.8 Å². The third-order valence-electron chi connectivity index (χ3n) is 4.42. The molecule has 15 heavy (non-hydrogen) atoms. The molecule has 1 aliphatic carbocycles. The van der Waals surface area contributed by atoms with Crippen molar-refractivity contribution >= 4 is 0 Å². The molecule has 3 rings (SSSR count). The van der Waals surface area contributed by atoms with Crippen LogP contribution in [0, 0.1) is 11.8 Å². The van der Waals surface area contributed by atoms with Crippen LogP contribution in [0.5, 0.6) is 0 Å². The normalized spacial score (nSPS) is 42.8. The highest BCUT2D eigenvalue weighted by Gasteiger charge is 2.40. The lowest BCUT2D eigenvalue weighted by atomic mass is 9.80. The van der Waals surface area contributed by atoms with E-state index in [1.54, 1.807) is 0 Å². The van der Waals surface area contributed by atoms with E-state index >= 15 is 0 Å². The summed E-state index contributed by atoms with van der Waals surface area (Å²) in [5, 5.41) is 7.29. The van der Waals surface area contributed by atoms with Gasteiger partial charge in [0.25, 0.3) is 0 Å². The zero-order valence-corrected chi connectivity index (χ0v) is 9.37. The monoisotopic (exact) mass is 210 g/mol. The zero-order chi connectivity index (χ0) is 10.1. The summed E-state index contributed by atoms with van der Waals surface area (Å²) in [7, 11) is 0. The molecule has 0 amide bonds. The molecular weight excluding hydrogens is 188 g/mol. The molecule has 86 valence electrons. The summed E-state index contributed by atoms with van der Waals surface area (Å²) in [6, 6.07) is 1.24. The Hall–Kier alpha value is -0.120. The fourth-order valence-corrected chi connectivity index (χ4v) is 3.63. The molecule has 0 radical (unpaired) electrons.